The molecule has 6 heteroatoms. The van der Waals surface area contributed by atoms with Gasteiger partial charge in [-0.3, -0.25) is 4.79 Å². The Balaban J connectivity index is 1.74. The first kappa shape index (κ1) is 17.7. The summed E-state index contributed by atoms with van der Waals surface area (Å²) in [5.41, 5.74) is 1.80. The molecule has 1 heterocycles. The zero-order chi connectivity index (χ0) is 18.5. The van der Waals surface area contributed by atoms with Crippen molar-refractivity contribution in [2.24, 2.45) is 7.05 Å². The molecule has 0 radical (unpaired) electrons. The van der Waals surface area contributed by atoms with Crippen LogP contribution in [-0.2, 0) is 11.8 Å². The van der Waals surface area contributed by atoms with E-state index in [0.29, 0.717) is 11.6 Å². The molecule has 1 amide bonds. The molecule has 5 nitrogen and oxygen atoms in total. The van der Waals surface area contributed by atoms with Gasteiger partial charge in [-0.25, -0.2) is 9.37 Å². The normalized spacial score (nSPS) is 11.8. The molecule has 1 unspecified atom stereocenters. The summed E-state index contributed by atoms with van der Waals surface area (Å²) in [7, 11) is 1.84. The second-order valence-corrected chi connectivity index (χ2v) is 6.05. The lowest BCUT2D eigenvalue weighted by atomic mass is 10.1. The number of rotatable bonds is 6. The van der Waals surface area contributed by atoms with Crippen molar-refractivity contribution in [1.82, 2.24) is 14.9 Å². The Kier molecular flexibility index (Phi) is 5.31. The van der Waals surface area contributed by atoms with Crippen molar-refractivity contribution >= 4 is 5.91 Å². The number of halogens is 1. The van der Waals surface area contributed by atoms with Gasteiger partial charge in [0.15, 0.2) is 6.61 Å². The van der Waals surface area contributed by atoms with Crippen LogP contribution in [0.15, 0.2) is 60.9 Å². The lowest BCUT2D eigenvalue weighted by molar-refractivity contribution is -0.123. The molecular formula is C20H20FN3O2. The number of nitrogens with one attached hydrogen (secondary N) is 1. The monoisotopic (exact) mass is 353 g/mol. The van der Waals surface area contributed by atoms with Crippen molar-refractivity contribution in [3.05, 3.63) is 83.7 Å². The van der Waals surface area contributed by atoms with Gasteiger partial charge in [-0.1, -0.05) is 24.3 Å². The van der Waals surface area contributed by atoms with Crippen LogP contribution in [0.4, 0.5) is 4.39 Å². The molecule has 134 valence electrons. The quantitative estimate of drug-likeness (QED) is 0.741. The first-order valence-corrected chi connectivity index (χ1v) is 8.24. The first-order chi connectivity index (χ1) is 12.5. The minimum absolute atomic E-state index is 0.119. The highest BCUT2D eigenvalue weighted by atomic mass is 19.1. The van der Waals surface area contributed by atoms with Gasteiger partial charge in [-0.2, -0.15) is 0 Å². The van der Waals surface area contributed by atoms with Crippen LogP contribution in [0.1, 0.15) is 23.0 Å². The van der Waals surface area contributed by atoms with E-state index in [0.717, 1.165) is 11.1 Å². The number of hydrogen-bond acceptors (Lipinski definition) is 3. The van der Waals surface area contributed by atoms with Gasteiger partial charge >= 0.3 is 0 Å². The van der Waals surface area contributed by atoms with Crippen LogP contribution < -0.4 is 10.1 Å². The van der Waals surface area contributed by atoms with E-state index < -0.39 is 6.04 Å². The molecule has 26 heavy (non-hydrogen) atoms. The van der Waals surface area contributed by atoms with Gasteiger partial charge in [-0.15, -0.1) is 0 Å². The fourth-order valence-electron chi connectivity index (χ4n) is 2.66. The summed E-state index contributed by atoms with van der Waals surface area (Å²) in [5, 5.41) is 2.91. The zero-order valence-electron chi connectivity index (χ0n) is 14.6. The van der Waals surface area contributed by atoms with Gasteiger partial charge in [0.25, 0.3) is 5.91 Å². The Morgan fingerprint density at radius 3 is 2.69 bits per heavy atom. The zero-order valence-corrected chi connectivity index (χ0v) is 14.6. The first-order valence-electron chi connectivity index (χ1n) is 8.24. The lowest BCUT2D eigenvalue weighted by Gasteiger charge is -2.19. The third-order valence-corrected chi connectivity index (χ3v) is 3.98. The van der Waals surface area contributed by atoms with E-state index in [4.69, 9.17) is 4.74 Å². The van der Waals surface area contributed by atoms with Crippen LogP contribution in [0.5, 0.6) is 5.75 Å². The number of carbonyl (C=O) groups excluding carboxylic acids is 1. The molecule has 0 aliphatic rings. The number of benzene rings is 2. The van der Waals surface area contributed by atoms with Crippen LogP contribution in [-0.4, -0.2) is 22.1 Å². The molecule has 0 saturated heterocycles. The minimum Gasteiger partial charge on any atom is -0.484 e. The standard InChI is InChI=1S/C20H20FN3O2/c1-14-4-3-5-17(12-14)26-13-18(25)23-19(20-22-10-11-24(20)2)15-6-8-16(21)9-7-15/h3-12,19H,13H2,1-2H3,(H,23,25). The number of carbonyl (C=O) groups is 1. The molecule has 1 aromatic heterocycles. The summed E-state index contributed by atoms with van der Waals surface area (Å²) >= 11 is 0. The fraction of sp³-hybridized carbons (Fsp3) is 0.200. The summed E-state index contributed by atoms with van der Waals surface area (Å²) in [6.45, 7) is 1.84. The third kappa shape index (κ3) is 4.27. The molecule has 3 aromatic rings. The maximum absolute atomic E-state index is 13.2. The molecule has 0 spiro atoms. The second-order valence-electron chi connectivity index (χ2n) is 6.05. The number of nitrogens with zero attached hydrogens (tertiary/aromatic N) is 2. The molecule has 1 N–H and O–H groups in total. The van der Waals surface area contributed by atoms with Gasteiger partial charge in [-0.05, 0) is 42.3 Å². The Hall–Kier alpha value is -3.15. The van der Waals surface area contributed by atoms with Crippen molar-refractivity contribution in [1.29, 1.82) is 0 Å². The molecule has 1 atom stereocenters. The maximum atomic E-state index is 13.2. The second kappa shape index (κ2) is 7.82. The van der Waals surface area contributed by atoms with E-state index in [-0.39, 0.29) is 18.3 Å². The van der Waals surface area contributed by atoms with E-state index in [1.807, 2.05) is 36.7 Å². The fourth-order valence-corrected chi connectivity index (χ4v) is 2.66. The van der Waals surface area contributed by atoms with Crippen molar-refractivity contribution < 1.29 is 13.9 Å². The van der Waals surface area contributed by atoms with Crippen LogP contribution in [0.25, 0.3) is 0 Å². The van der Waals surface area contributed by atoms with Crippen LogP contribution in [0, 0.1) is 12.7 Å². The Bertz CT molecular complexity index is 890. The van der Waals surface area contributed by atoms with E-state index in [1.165, 1.54) is 12.1 Å². The summed E-state index contributed by atoms with van der Waals surface area (Å²) in [4.78, 5) is 16.7. The number of aryl methyl sites for hydroxylation is 2. The highest BCUT2D eigenvalue weighted by molar-refractivity contribution is 5.78. The molecule has 0 fully saturated rings. The van der Waals surface area contributed by atoms with Gasteiger partial charge < -0.3 is 14.6 Å². The summed E-state index contributed by atoms with van der Waals surface area (Å²) in [6, 6.07) is 13.0. The van der Waals surface area contributed by atoms with Crippen molar-refractivity contribution in [3.8, 4) is 5.75 Å². The smallest absolute Gasteiger partial charge is 0.258 e. The lowest BCUT2D eigenvalue weighted by Crippen LogP contribution is -2.34. The average Bonchev–Trinajstić information content (AvgIpc) is 3.05. The number of ether oxygens (including phenoxy) is 1. The molecule has 0 saturated carbocycles. The van der Waals surface area contributed by atoms with Crippen molar-refractivity contribution in [3.63, 3.8) is 0 Å². The van der Waals surface area contributed by atoms with E-state index in [1.54, 1.807) is 30.6 Å². The van der Waals surface area contributed by atoms with Crippen molar-refractivity contribution in [2.45, 2.75) is 13.0 Å². The molecule has 3 rings (SSSR count). The number of imidazole rings is 1. The predicted molar refractivity (Wildman–Crippen MR) is 96.3 cm³/mol. The van der Waals surface area contributed by atoms with Crippen LogP contribution in [0.3, 0.4) is 0 Å². The number of aromatic nitrogens is 2. The Morgan fingerprint density at radius 1 is 1.27 bits per heavy atom. The van der Waals surface area contributed by atoms with E-state index >= 15 is 0 Å². The number of amides is 1. The number of hydrogen-bond donors (Lipinski definition) is 1. The van der Waals surface area contributed by atoms with Gasteiger partial charge in [0.2, 0.25) is 0 Å². The molecule has 0 aliphatic heterocycles. The van der Waals surface area contributed by atoms with Gasteiger partial charge in [0.1, 0.15) is 23.4 Å². The highest BCUT2D eigenvalue weighted by Gasteiger charge is 2.21. The Labute approximate surface area is 151 Å². The maximum Gasteiger partial charge on any atom is 0.258 e. The largest absolute Gasteiger partial charge is 0.484 e. The molecule has 0 bridgehead atoms. The highest BCUT2D eigenvalue weighted by Crippen LogP contribution is 2.21. The molecular weight excluding hydrogens is 333 g/mol. The summed E-state index contributed by atoms with van der Waals surface area (Å²) in [6.07, 6.45) is 3.45. The SMILES string of the molecule is Cc1cccc(OCC(=O)NC(c2ccc(F)cc2)c2nccn2C)c1. The van der Waals surface area contributed by atoms with Crippen LogP contribution >= 0.6 is 0 Å². The minimum atomic E-state index is -0.496. The van der Waals surface area contributed by atoms with Gasteiger partial charge in [0.05, 0.1) is 0 Å². The molecule has 0 aliphatic carbocycles. The van der Waals surface area contributed by atoms with E-state index in [2.05, 4.69) is 10.3 Å². The average molecular weight is 353 g/mol. The predicted octanol–water partition coefficient (Wildman–Crippen LogP) is 3.15. The van der Waals surface area contributed by atoms with Crippen LogP contribution in [0.2, 0.25) is 0 Å². The topological polar surface area (TPSA) is 56.1 Å². The molecule has 2 aromatic carbocycles. The van der Waals surface area contributed by atoms with E-state index in [9.17, 15) is 9.18 Å². The third-order valence-electron chi connectivity index (χ3n) is 3.98. The Morgan fingerprint density at radius 2 is 2.04 bits per heavy atom. The summed E-state index contributed by atoms with van der Waals surface area (Å²) < 4.78 is 20.6. The van der Waals surface area contributed by atoms with Gasteiger partial charge in [0, 0.05) is 19.4 Å². The van der Waals surface area contributed by atoms with Crippen molar-refractivity contribution in [2.75, 3.05) is 6.61 Å². The summed E-state index contributed by atoms with van der Waals surface area (Å²) in [5.74, 6) is 0.668.